The van der Waals surface area contributed by atoms with E-state index in [0.717, 1.165) is 23.1 Å². The number of fused-ring (bicyclic) bond motifs is 1. The number of hydrogen-bond donors (Lipinski definition) is 1. The van der Waals surface area contributed by atoms with Crippen molar-refractivity contribution in [1.82, 2.24) is 9.55 Å². The fourth-order valence-electron chi connectivity index (χ4n) is 2.37. The molecular weight excluding hydrogens is 293 g/mol. The topological polar surface area (TPSA) is 43.8 Å². The van der Waals surface area contributed by atoms with E-state index in [1.165, 1.54) is 5.56 Å². The Balaban J connectivity index is 2.36. The average molecular weight is 306 g/mol. The normalized spacial score (nSPS) is 11.2. The second kappa shape index (κ2) is 5.00. The number of nitrogens with zero attached hydrogens (tertiary/aromatic N) is 2. The predicted octanol–water partition coefficient (Wildman–Crippen LogP) is 4.48. The maximum absolute atomic E-state index is 6.12. The molecule has 0 amide bonds. The van der Waals surface area contributed by atoms with Gasteiger partial charge in [0, 0.05) is 0 Å². The van der Waals surface area contributed by atoms with E-state index in [2.05, 4.69) is 18.0 Å². The molecule has 0 saturated heterocycles. The van der Waals surface area contributed by atoms with Gasteiger partial charge in [-0.25, -0.2) is 4.98 Å². The Labute approximate surface area is 126 Å². The quantitative estimate of drug-likeness (QED) is 0.758. The van der Waals surface area contributed by atoms with E-state index in [0.29, 0.717) is 16.0 Å². The molecule has 1 aromatic heterocycles. The molecule has 3 aromatic rings. The lowest BCUT2D eigenvalue weighted by atomic mass is 10.1. The van der Waals surface area contributed by atoms with Crippen LogP contribution in [0.5, 0.6) is 0 Å². The van der Waals surface area contributed by atoms with Crippen molar-refractivity contribution in [3.8, 4) is 5.69 Å². The van der Waals surface area contributed by atoms with Crippen molar-refractivity contribution in [3.05, 3.63) is 52.0 Å². The zero-order valence-corrected chi connectivity index (χ0v) is 12.4. The molecule has 2 aromatic carbocycles. The number of para-hydroxylation sites is 1. The summed E-state index contributed by atoms with van der Waals surface area (Å²) in [5.41, 5.74) is 9.89. The van der Waals surface area contributed by atoms with Gasteiger partial charge in [-0.3, -0.25) is 4.57 Å². The Morgan fingerprint density at radius 2 is 1.85 bits per heavy atom. The van der Waals surface area contributed by atoms with Crippen LogP contribution >= 0.6 is 23.2 Å². The lowest BCUT2D eigenvalue weighted by molar-refractivity contribution is 1.04. The van der Waals surface area contributed by atoms with Crippen molar-refractivity contribution in [1.29, 1.82) is 0 Å². The van der Waals surface area contributed by atoms with E-state index in [1.54, 1.807) is 12.1 Å². The Bertz CT molecular complexity index is 793. The van der Waals surface area contributed by atoms with Crippen LogP contribution in [0.25, 0.3) is 16.7 Å². The minimum Gasteiger partial charge on any atom is -0.369 e. The second-order valence-electron chi connectivity index (χ2n) is 4.54. The van der Waals surface area contributed by atoms with Gasteiger partial charge >= 0.3 is 0 Å². The first kappa shape index (κ1) is 13.3. The second-order valence-corrected chi connectivity index (χ2v) is 5.36. The van der Waals surface area contributed by atoms with Crippen LogP contribution in [0.4, 0.5) is 5.95 Å². The van der Waals surface area contributed by atoms with Gasteiger partial charge in [0.05, 0.1) is 26.8 Å². The molecule has 0 atom stereocenters. The molecule has 0 spiro atoms. The molecule has 5 heteroatoms. The molecule has 0 radical (unpaired) electrons. The molecule has 1 heterocycles. The van der Waals surface area contributed by atoms with E-state index in [4.69, 9.17) is 28.9 Å². The number of aryl methyl sites for hydroxylation is 1. The van der Waals surface area contributed by atoms with Gasteiger partial charge in [-0.15, -0.1) is 0 Å². The van der Waals surface area contributed by atoms with E-state index < -0.39 is 0 Å². The summed E-state index contributed by atoms with van der Waals surface area (Å²) in [7, 11) is 0. The first-order valence-corrected chi connectivity index (χ1v) is 7.08. The highest BCUT2D eigenvalue weighted by Gasteiger charge is 2.14. The third-order valence-corrected chi connectivity index (χ3v) is 4.06. The molecule has 102 valence electrons. The average Bonchev–Trinajstić information content (AvgIpc) is 2.74. The van der Waals surface area contributed by atoms with Gasteiger partial charge in [0.2, 0.25) is 5.95 Å². The summed E-state index contributed by atoms with van der Waals surface area (Å²) in [6.07, 6.45) is 0.913. The minimum atomic E-state index is 0.430. The summed E-state index contributed by atoms with van der Waals surface area (Å²) < 4.78 is 1.91. The Kier molecular flexibility index (Phi) is 3.32. The number of nitrogens with two attached hydrogens (primary N) is 1. The lowest BCUT2D eigenvalue weighted by Crippen LogP contribution is -2.03. The van der Waals surface area contributed by atoms with E-state index in [-0.39, 0.29) is 0 Å². The first-order valence-electron chi connectivity index (χ1n) is 6.33. The molecule has 2 N–H and O–H groups in total. The summed E-state index contributed by atoms with van der Waals surface area (Å²) in [6.45, 7) is 2.11. The Hall–Kier alpha value is -1.71. The predicted molar refractivity (Wildman–Crippen MR) is 84.9 cm³/mol. The van der Waals surface area contributed by atoms with Crippen molar-refractivity contribution < 1.29 is 0 Å². The van der Waals surface area contributed by atoms with Crippen LogP contribution < -0.4 is 5.73 Å². The number of aromatic nitrogens is 2. The van der Waals surface area contributed by atoms with E-state index >= 15 is 0 Å². The molecule has 0 aliphatic heterocycles. The van der Waals surface area contributed by atoms with Gasteiger partial charge in [-0.2, -0.15) is 0 Å². The highest BCUT2D eigenvalue weighted by molar-refractivity contribution is 6.42. The van der Waals surface area contributed by atoms with Crippen LogP contribution in [0, 0.1) is 0 Å². The fraction of sp³-hybridized carbons (Fsp3) is 0.133. The van der Waals surface area contributed by atoms with Gasteiger partial charge < -0.3 is 5.73 Å². The smallest absolute Gasteiger partial charge is 0.205 e. The maximum Gasteiger partial charge on any atom is 0.205 e. The van der Waals surface area contributed by atoms with Gasteiger partial charge in [0.1, 0.15) is 0 Å². The SMILES string of the molecule is CCc1ccccc1-n1c(N)nc2cc(Cl)c(Cl)cc21. The van der Waals surface area contributed by atoms with Crippen molar-refractivity contribution in [3.63, 3.8) is 0 Å². The monoisotopic (exact) mass is 305 g/mol. The molecule has 0 bridgehead atoms. The van der Waals surface area contributed by atoms with Crippen LogP contribution in [-0.4, -0.2) is 9.55 Å². The molecule has 3 nitrogen and oxygen atoms in total. The summed E-state index contributed by atoms with van der Waals surface area (Å²) in [5, 5.41) is 0.974. The fourth-order valence-corrected chi connectivity index (χ4v) is 2.69. The molecule has 0 aliphatic rings. The van der Waals surface area contributed by atoms with Gasteiger partial charge in [-0.1, -0.05) is 48.3 Å². The number of hydrogen-bond acceptors (Lipinski definition) is 2. The summed E-state index contributed by atoms with van der Waals surface area (Å²) >= 11 is 12.1. The third kappa shape index (κ3) is 2.03. The number of halogens is 2. The molecule has 0 saturated carbocycles. The molecule has 20 heavy (non-hydrogen) atoms. The lowest BCUT2D eigenvalue weighted by Gasteiger charge is -2.11. The van der Waals surface area contributed by atoms with E-state index in [9.17, 15) is 0 Å². The van der Waals surface area contributed by atoms with Crippen molar-refractivity contribution in [2.45, 2.75) is 13.3 Å². The molecular formula is C15H13Cl2N3. The maximum atomic E-state index is 6.12. The zero-order valence-electron chi connectivity index (χ0n) is 10.9. The third-order valence-electron chi connectivity index (χ3n) is 3.34. The Morgan fingerprint density at radius 3 is 2.60 bits per heavy atom. The molecule has 0 aliphatic carbocycles. The standard InChI is InChI=1S/C15H13Cl2N3/c1-2-9-5-3-4-6-13(9)20-14-8-11(17)10(16)7-12(14)19-15(20)18/h3-8H,2H2,1H3,(H2,18,19). The van der Waals surface area contributed by atoms with Gasteiger partial charge in [0.15, 0.2) is 0 Å². The van der Waals surface area contributed by atoms with Crippen LogP contribution in [0.2, 0.25) is 10.0 Å². The number of anilines is 1. The van der Waals surface area contributed by atoms with Crippen molar-refractivity contribution in [2.75, 3.05) is 5.73 Å². The highest BCUT2D eigenvalue weighted by atomic mass is 35.5. The number of nitrogen functional groups attached to an aromatic ring is 1. The Morgan fingerprint density at radius 1 is 1.15 bits per heavy atom. The van der Waals surface area contributed by atoms with Crippen LogP contribution in [0.3, 0.4) is 0 Å². The molecule has 3 rings (SSSR count). The largest absolute Gasteiger partial charge is 0.369 e. The van der Waals surface area contributed by atoms with Crippen molar-refractivity contribution >= 4 is 40.2 Å². The summed E-state index contributed by atoms with van der Waals surface area (Å²) in [6, 6.07) is 11.6. The summed E-state index contributed by atoms with van der Waals surface area (Å²) in [5.74, 6) is 0.430. The van der Waals surface area contributed by atoms with Crippen LogP contribution in [-0.2, 0) is 6.42 Å². The van der Waals surface area contributed by atoms with E-state index in [1.807, 2.05) is 22.8 Å². The minimum absolute atomic E-state index is 0.430. The number of benzene rings is 2. The molecule has 0 unspecified atom stereocenters. The van der Waals surface area contributed by atoms with Crippen LogP contribution in [0.1, 0.15) is 12.5 Å². The number of rotatable bonds is 2. The number of imidazole rings is 1. The van der Waals surface area contributed by atoms with Crippen molar-refractivity contribution in [2.24, 2.45) is 0 Å². The van der Waals surface area contributed by atoms with Gasteiger partial charge in [0.25, 0.3) is 0 Å². The zero-order chi connectivity index (χ0) is 14.3. The highest BCUT2D eigenvalue weighted by Crippen LogP contribution is 2.31. The first-order chi connectivity index (χ1) is 9.61. The summed E-state index contributed by atoms with van der Waals surface area (Å²) in [4.78, 5) is 4.36. The van der Waals surface area contributed by atoms with Crippen LogP contribution in [0.15, 0.2) is 36.4 Å². The molecule has 0 fully saturated rings. The van der Waals surface area contributed by atoms with Gasteiger partial charge in [-0.05, 0) is 30.2 Å².